The minimum atomic E-state index is -3.21. The Balaban J connectivity index is 2.16. The number of benzene rings is 1. The van der Waals surface area contributed by atoms with Crippen molar-refractivity contribution in [2.24, 2.45) is 0 Å². The Morgan fingerprint density at radius 1 is 1.30 bits per heavy atom. The second kappa shape index (κ2) is 5.72. The third-order valence-electron chi connectivity index (χ3n) is 3.06. The lowest BCUT2D eigenvalue weighted by Crippen LogP contribution is -2.09. The average molecular weight is 295 g/mol. The van der Waals surface area contributed by atoms with E-state index in [-0.39, 0.29) is 4.90 Å². The summed E-state index contributed by atoms with van der Waals surface area (Å²) in [6, 6.07) is 6.23. The Labute approximate surface area is 118 Å². The lowest BCUT2D eigenvalue weighted by Gasteiger charge is -2.11. The van der Waals surface area contributed by atoms with Gasteiger partial charge in [-0.15, -0.1) is 0 Å². The van der Waals surface area contributed by atoms with Crippen molar-refractivity contribution in [1.82, 2.24) is 14.8 Å². The van der Waals surface area contributed by atoms with Gasteiger partial charge in [-0.2, -0.15) is 5.10 Å². The molecule has 0 fully saturated rings. The van der Waals surface area contributed by atoms with E-state index in [4.69, 9.17) is 0 Å². The number of aryl methyl sites for hydroxylation is 1. The molecular formula is C13H17N3O3S. The molecule has 0 bridgehead atoms. The lowest BCUT2D eigenvalue weighted by atomic mass is 10.1. The number of sulfone groups is 1. The molecule has 0 aliphatic carbocycles. The summed E-state index contributed by atoms with van der Waals surface area (Å²) in [5.41, 5.74) is 0.656. The minimum absolute atomic E-state index is 0.241. The van der Waals surface area contributed by atoms with Crippen molar-refractivity contribution in [2.75, 3.05) is 6.26 Å². The quantitative estimate of drug-likeness (QED) is 0.888. The van der Waals surface area contributed by atoms with E-state index in [9.17, 15) is 13.5 Å². The predicted octanol–water partition coefficient (Wildman–Crippen LogP) is 0.978. The zero-order chi connectivity index (χ0) is 14.8. The SMILES string of the molecule is CCn1ncnc1CC(O)c1ccc(S(C)(=O)=O)cc1. The summed E-state index contributed by atoms with van der Waals surface area (Å²) in [5.74, 6) is 0.701. The molecule has 0 radical (unpaired) electrons. The molecule has 20 heavy (non-hydrogen) atoms. The number of nitrogens with zero attached hydrogens (tertiary/aromatic N) is 3. The second-order valence-electron chi connectivity index (χ2n) is 4.55. The van der Waals surface area contributed by atoms with Crippen molar-refractivity contribution in [1.29, 1.82) is 0 Å². The fourth-order valence-corrected chi connectivity index (χ4v) is 2.57. The van der Waals surface area contributed by atoms with Crippen LogP contribution < -0.4 is 0 Å². The van der Waals surface area contributed by atoms with Crippen LogP contribution in [0.5, 0.6) is 0 Å². The van der Waals surface area contributed by atoms with E-state index in [1.165, 1.54) is 18.5 Å². The molecule has 1 aromatic carbocycles. The van der Waals surface area contributed by atoms with Crippen LogP contribution >= 0.6 is 0 Å². The Hall–Kier alpha value is -1.73. The highest BCUT2D eigenvalue weighted by atomic mass is 32.2. The summed E-state index contributed by atoms with van der Waals surface area (Å²) in [6.07, 6.45) is 2.21. The zero-order valence-corrected chi connectivity index (χ0v) is 12.2. The van der Waals surface area contributed by atoms with Crippen LogP contribution in [-0.2, 0) is 22.8 Å². The highest BCUT2D eigenvalue weighted by Crippen LogP contribution is 2.19. The van der Waals surface area contributed by atoms with Gasteiger partial charge in [0.05, 0.1) is 11.0 Å². The van der Waals surface area contributed by atoms with Gasteiger partial charge in [0.15, 0.2) is 9.84 Å². The van der Waals surface area contributed by atoms with Crippen molar-refractivity contribution >= 4 is 9.84 Å². The Morgan fingerprint density at radius 3 is 2.50 bits per heavy atom. The van der Waals surface area contributed by atoms with Crippen molar-refractivity contribution in [3.63, 3.8) is 0 Å². The Bertz CT molecular complexity index is 677. The van der Waals surface area contributed by atoms with Crippen molar-refractivity contribution in [3.05, 3.63) is 42.0 Å². The highest BCUT2D eigenvalue weighted by Gasteiger charge is 2.14. The van der Waals surface area contributed by atoms with E-state index in [0.29, 0.717) is 24.4 Å². The number of rotatable bonds is 5. The normalized spacial score (nSPS) is 13.3. The molecule has 0 aliphatic rings. The molecular weight excluding hydrogens is 278 g/mol. The molecule has 0 aliphatic heterocycles. The average Bonchev–Trinajstić information content (AvgIpc) is 2.85. The maximum absolute atomic E-state index is 11.4. The molecule has 1 atom stereocenters. The Morgan fingerprint density at radius 2 is 1.95 bits per heavy atom. The zero-order valence-electron chi connectivity index (χ0n) is 11.4. The number of hydrogen-bond acceptors (Lipinski definition) is 5. The van der Waals surface area contributed by atoms with Crippen LogP contribution in [0.1, 0.15) is 24.4 Å². The molecule has 0 saturated heterocycles. The lowest BCUT2D eigenvalue weighted by molar-refractivity contribution is 0.174. The number of aliphatic hydroxyl groups is 1. The molecule has 0 spiro atoms. The van der Waals surface area contributed by atoms with E-state index >= 15 is 0 Å². The molecule has 108 valence electrons. The van der Waals surface area contributed by atoms with Crippen molar-refractivity contribution in [3.8, 4) is 0 Å². The van der Waals surface area contributed by atoms with E-state index in [2.05, 4.69) is 10.1 Å². The minimum Gasteiger partial charge on any atom is -0.388 e. The second-order valence-corrected chi connectivity index (χ2v) is 6.57. The first-order valence-corrected chi connectivity index (χ1v) is 8.15. The molecule has 7 heteroatoms. The summed E-state index contributed by atoms with van der Waals surface area (Å²) in [5, 5.41) is 14.2. The summed E-state index contributed by atoms with van der Waals surface area (Å²) in [7, 11) is -3.21. The molecule has 1 N–H and O–H groups in total. The van der Waals surface area contributed by atoms with Gasteiger partial charge in [-0.25, -0.2) is 13.4 Å². The van der Waals surface area contributed by atoms with E-state index in [0.717, 1.165) is 6.26 Å². The smallest absolute Gasteiger partial charge is 0.175 e. The largest absolute Gasteiger partial charge is 0.388 e. The van der Waals surface area contributed by atoms with Crippen LogP contribution in [0.3, 0.4) is 0 Å². The van der Waals surface area contributed by atoms with Crippen LogP contribution in [0.2, 0.25) is 0 Å². The van der Waals surface area contributed by atoms with Gasteiger partial charge in [0.25, 0.3) is 0 Å². The maximum atomic E-state index is 11.4. The van der Waals surface area contributed by atoms with Gasteiger partial charge in [0, 0.05) is 19.2 Å². The van der Waals surface area contributed by atoms with Gasteiger partial charge >= 0.3 is 0 Å². The monoisotopic (exact) mass is 295 g/mol. The molecule has 0 amide bonds. The van der Waals surface area contributed by atoms with Gasteiger partial charge in [-0.3, -0.25) is 4.68 Å². The molecule has 0 saturated carbocycles. The van der Waals surface area contributed by atoms with Gasteiger partial charge in [-0.1, -0.05) is 12.1 Å². The molecule has 6 nitrogen and oxygen atoms in total. The fraction of sp³-hybridized carbons (Fsp3) is 0.385. The van der Waals surface area contributed by atoms with Crippen LogP contribution in [0, 0.1) is 0 Å². The molecule has 1 unspecified atom stereocenters. The molecule has 1 heterocycles. The first kappa shape index (κ1) is 14.7. The molecule has 2 aromatic rings. The summed E-state index contributed by atoms with van der Waals surface area (Å²) in [4.78, 5) is 4.35. The summed E-state index contributed by atoms with van der Waals surface area (Å²) >= 11 is 0. The molecule has 2 rings (SSSR count). The number of hydrogen-bond donors (Lipinski definition) is 1. The first-order valence-electron chi connectivity index (χ1n) is 6.26. The van der Waals surface area contributed by atoms with Crippen LogP contribution in [-0.4, -0.2) is 34.5 Å². The van der Waals surface area contributed by atoms with E-state index < -0.39 is 15.9 Å². The molecule has 1 aromatic heterocycles. The van der Waals surface area contributed by atoms with E-state index in [1.807, 2.05) is 6.92 Å². The third-order valence-corrected chi connectivity index (χ3v) is 4.19. The van der Waals surface area contributed by atoms with E-state index in [1.54, 1.807) is 16.8 Å². The van der Waals surface area contributed by atoms with Gasteiger partial charge in [0.2, 0.25) is 0 Å². The summed E-state index contributed by atoms with van der Waals surface area (Å²) in [6.45, 7) is 2.64. The first-order chi connectivity index (χ1) is 9.41. The van der Waals surface area contributed by atoms with Crippen LogP contribution in [0.15, 0.2) is 35.5 Å². The van der Waals surface area contributed by atoms with Crippen LogP contribution in [0.25, 0.3) is 0 Å². The predicted molar refractivity (Wildman–Crippen MR) is 73.9 cm³/mol. The topological polar surface area (TPSA) is 85.1 Å². The van der Waals surface area contributed by atoms with Crippen molar-refractivity contribution in [2.45, 2.75) is 30.9 Å². The number of aromatic nitrogens is 3. The van der Waals surface area contributed by atoms with Crippen molar-refractivity contribution < 1.29 is 13.5 Å². The van der Waals surface area contributed by atoms with Crippen LogP contribution in [0.4, 0.5) is 0 Å². The summed E-state index contributed by atoms with van der Waals surface area (Å²) < 4.78 is 24.5. The standard InChI is InChI=1S/C13H17N3O3S/c1-3-16-13(14-9-15-16)8-12(17)10-4-6-11(7-5-10)20(2,18)19/h4-7,9,12,17H,3,8H2,1-2H3. The number of aliphatic hydroxyl groups excluding tert-OH is 1. The third kappa shape index (κ3) is 3.23. The van der Waals surface area contributed by atoms with Gasteiger partial charge in [0.1, 0.15) is 12.2 Å². The Kier molecular flexibility index (Phi) is 4.20. The maximum Gasteiger partial charge on any atom is 0.175 e. The van der Waals surface area contributed by atoms with Gasteiger partial charge in [-0.05, 0) is 24.6 Å². The van der Waals surface area contributed by atoms with Gasteiger partial charge < -0.3 is 5.11 Å². The fourth-order valence-electron chi connectivity index (χ4n) is 1.94. The highest BCUT2D eigenvalue weighted by molar-refractivity contribution is 7.90.